The van der Waals surface area contributed by atoms with Crippen molar-refractivity contribution in [3.05, 3.63) is 23.8 Å². The molecule has 1 aliphatic heterocycles. The summed E-state index contributed by atoms with van der Waals surface area (Å²) in [6.07, 6.45) is 0. The maximum Gasteiger partial charge on any atom is 0.495 e. The lowest BCUT2D eigenvalue weighted by Crippen LogP contribution is -2.41. The van der Waals surface area contributed by atoms with Crippen LogP contribution in [-0.2, 0) is 14.0 Å². The number of carbonyl (C=O) groups excluding carboxylic acids is 1. The second-order valence-electron chi connectivity index (χ2n) is 6.00. The normalized spacial score (nSPS) is 19.4. The molecule has 0 amide bonds. The molecule has 5 nitrogen and oxygen atoms in total. The lowest BCUT2D eigenvalue weighted by Gasteiger charge is -2.32. The predicted molar refractivity (Wildman–Crippen MR) is 80.0 cm³/mol. The first kappa shape index (κ1) is 15.9. The molecule has 1 aliphatic rings. The van der Waals surface area contributed by atoms with E-state index in [4.69, 9.17) is 18.8 Å². The Morgan fingerprint density at radius 2 is 1.67 bits per heavy atom. The van der Waals surface area contributed by atoms with E-state index in [-0.39, 0.29) is 0 Å². The highest BCUT2D eigenvalue weighted by molar-refractivity contribution is 6.63. The SMILES string of the molecule is COC(=O)c1c(OC)cccc1B1OC(C)(C)C(C)(C)O1. The van der Waals surface area contributed by atoms with E-state index in [9.17, 15) is 4.79 Å². The Kier molecular flexibility index (Phi) is 4.04. The maximum atomic E-state index is 12.1. The average Bonchev–Trinajstić information content (AvgIpc) is 2.65. The zero-order valence-electron chi connectivity index (χ0n) is 13.4. The molecule has 1 saturated heterocycles. The van der Waals surface area contributed by atoms with Crippen LogP contribution >= 0.6 is 0 Å². The van der Waals surface area contributed by atoms with E-state index in [1.807, 2.05) is 27.7 Å². The van der Waals surface area contributed by atoms with E-state index in [0.717, 1.165) is 0 Å². The van der Waals surface area contributed by atoms with Crippen molar-refractivity contribution < 1.29 is 23.6 Å². The number of ether oxygens (including phenoxy) is 2. The third-order valence-corrected chi connectivity index (χ3v) is 4.18. The fourth-order valence-corrected chi connectivity index (χ4v) is 2.21. The van der Waals surface area contributed by atoms with Crippen molar-refractivity contribution in [1.29, 1.82) is 0 Å². The van der Waals surface area contributed by atoms with Crippen molar-refractivity contribution in [3.8, 4) is 5.75 Å². The topological polar surface area (TPSA) is 54.0 Å². The molecule has 0 aromatic heterocycles. The largest absolute Gasteiger partial charge is 0.496 e. The summed E-state index contributed by atoms with van der Waals surface area (Å²) in [6, 6.07) is 5.30. The van der Waals surface area contributed by atoms with Crippen molar-refractivity contribution >= 4 is 18.6 Å². The molecule has 0 bridgehead atoms. The zero-order chi connectivity index (χ0) is 15.8. The molecule has 1 aromatic rings. The number of hydrogen-bond donors (Lipinski definition) is 0. The lowest BCUT2D eigenvalue weighted by atomic mass is 9.75. The highest BCUT2D eigenvalue weighted by atomic mass is 16.7. The van der Waals surface area contributed by atoms with Gasteiger partial charge in [-0.05, 0) is 33.8 Å². The molecule has 1 fully saturated rings. The molecule has 6 heteroatoms. The zero-order valence-corrected chi connectivity index (χ0v) is 13.4. The van der Waals surface area contributed by atoms with Crippen LogP contribution < -0.4 is 10.2 Å². The molecule has 0 aliphatic carbocycles. The summed E-state index contributed by atoms with van der Waals surface area (Å²) in [5, 5.41) is 0. The molecule has 21 heavy (non-hydrogen) atoms. The summed E-state index contributed by atoms with van der Waals surface area (Å²) in [5.41, 5.74) is -0.0109. The van der Waals surface area contributed by atoms with Crippen LogP contribution in [0.1, 0.15) is 38.1 Å². The van der Waals surface area contributed by atoms with Gasteiger partial charge in [-0.3, -0.25) is 0 Å². The van der Waals surface area contributed by atoms with Crippen LogP contribution in [-0.4, -0.2) is 38.5 Å². The predicted octanol–water partition coefficient (Wildman–Crippen LogP) is 1.78. The van der Waals surface area contributed by atoms with Gasteiger partial charge >= 0.3 is 13.1 Å². The summed E-state index contributed by atoms with van der Waals surface area (Å²) < 4.78 is 22.1. The summed E-state index contributed by atoms with van der Waals surface area (Å²) in [7, 11) is 2.21. The van der Waals surface area contributed by atoms with Crippen molar-refractivity contribution in [2.24, 2.45) is 0 Å². The Morgan fingerprint density at radius 1 is 1.10 bits per heavy atom. The third-order valence-electron chi connectivity index (χ3n) is 4.18. The molecular weight excluding hydrogens is 271 g/mol. The van der Waals surface area contributed by atoms with Gasteiger partial charge in [0.25, 0.3) is 0 Å². The van der Waals surface area contributed by atoms with Crippen LogP contribution in [0.5, 0.6) is 5.75 Å². The van der Waals surface area contributed by atoms with Crippen LogP contribution in [0, 0.1) is 0 Å². The second kappa shape index (κ2) is 5.35. The smallest absolute Gasteiger partial charge is 0.495 e. The van der Waals surface area contributed by atoms with Gasteiger partial charge in [-0.1, -0.05) is 12.1 Å². The first-order chi connectivity index (χ1) is 9.73. The highest BCUT2D eigenvalue weighted by Crippen LogP contribution is 2.37. The molecule has 0 unspecified atom stereocenters. The number of carbonyl (C=O) groups is 1. The van der Waals surface area contributed by atoms with E-state index in [1.165, 1.54) is 14.2 Å². The van der Waals surface area contributed by atoms with E-state index < -0.39 is 24.3 Å². The molecule has 0 N–H and O–H groups in total. The van der Waals surface area contributed by atoms with Gasteiger partial charge in [-0.25, -0.2) is 4.79 Å². The van der Waals surface area contributed by atoms with Gasteiger partial charge in [0.15, 0.2) is 0 Å². The molecule has 1 heterocycles. The molecule has 0 saturated carbocycles. The quantitative estimate of drug-likeness (QED) is 0.628. The fourth-order valence-electron chi connectivity index (χ4n) is 2.21. The third kappa shape index (κ3) is 2.65. The molecule has 0 radical (unpaired) electrons. The van der Waals surface area contributed by atoms with Crippen molar-refractivity contribution in [2.45, 2.75) is 38.9 Å². The average molecular weight is 292 g/mol. The molecule has 114 valence electrons. The van der Waals surface area contributed by atoms with Gasteiger partial charge in [-0.2, -0.15) is 0 Å². The Bertz CT molecular complexity index is 537. The molecular formula is C15H21BO5. The summed E-state index contributed by atoms with van der Waals surface area (Å²) >= 11 is 0. The molecule has 1 aromatic carbocycles. The van der Waals surface area contributed by atoms with Crippen LogP contribution in [0.3, 0.4) is 0 Å². The van der Waals surface area contributed by atoms with Crippen LogP contribution in [0.25, 0.3) is 0 Å². The minimum absolute atomic E-state index is 0.334. The number of esters is 1. The minimum atomic E-state index is -0.640. The number of methoxy groups -OCH3 is 2. The molecule has 2 rings (SSSR count). The Labute approximate surface area is 125 Å². The van der Waals surface area contributed by atoms with Crippen molar-refractivity contribution in [1.82, 2.24) is 0 Å². The monoisotopic (exact) mass is 292 g/mol. The van der Waals surface area contributed by atoms with E-state index in [2.05, 4.69) is 0 Å². The van der Waals surface area contributed by atoms with Gasteiger partial charge in [-0.15, -0.1) is 0 Å². The van der Waals surface area contributed by atoms with E-state index >= 15 is 0 Å². The standard InChI is InChI=1S/C15H21BO5/c1-14(2)15(3,4)21-16(20-14)10-8-7-9-11(18-5)12(10)13(17)19-6/h7-9H,1-6H3. The first-order valence-corrected chi connectivity index (χ1v) is 6.84. The van der Waals surface area contributed by atoms with Crippen LogP contribution in [0.15, 0.2) is 18.2 Å². The van der Waals surface area contributed by atoms with Crippen LogP contribution in [0.2, 0.25) is 0 Å². The van der Waals surface area contributed by atoms with Gasteiger partial charge in [0.2, 0.25) is 0 Å². The fraction of sp³-hybridized carbons (Fsp3) is 0.533. The highest BCUT2D eigenvalue weighted by Gasteiger charge is 2.52. The molecule has 0 spiro atoms. The van der Waals surface area contributed by atoms with Gasteiger partial charge < -0.3 is 18.8 Å². The Balaban J connectivity index is 2.49. The first-order valence-electron chi connectivity index (χ1n) is 6.84. The summed E-state index contributed by atoms with van der Waals surface area (Å²) in [4.78, 5) is 12.1. The lowest BCUT2D eigenvalue weighted by molar-refractivity contribution is 0.00578. The maximum absolute atomic E-state index is 12.1. The van der Waals surface area contributed by atoms with Gasteiger partial charge in [0.1, 0.15) is 11.3 Å². The van der Waals surface area contributed by atoms with E-state index in [1.54, 1.807) is 18.2 Å². The minimum Gasteiger partial charge on any atom is -0.496 e. The van der Waals surface area contributed by atoms with Gasteiger partial charge in [0.05, 0.1) is 25.4 Å². The molecule has 0 atom stereocenters. The Hall–Kier alpha value is -1.53. The summed E-state index contributed by atoms with van der Waals surface area (Å²) in [6.45, 7) is 7.85. The number of benzene rings is 1. The van der Waals surface area contributed by atoms with Crippen molar-refractivity contribution in [3.63, 3.8) is 0 Å². The number of rotatable bonds is 3. The second-order valence-corrected chi connectivity index (χ2v) is 6.00. The number of hydrogen-bond acceptors (Lipinski definition) is 5. The van der Waals surface area contributed by atoms with E-state index in [0.29, 0.717) is 16.8 Å². The summed E-state index contributed by atoms with van der Waals surface area (Å²) in [5.74, 6) is -0.0359. The van der Waals surface area contributed by atoms with Crippen LogP contribution in [0.4, 0.5) is 0 Å². The van der Waals surface area contributed by atoms with Crippen molar-refractivity contribution in [2.75, 3.05) is 14.2 Å². The van der Waals surface area contributed by atoms with Gasteiger partial charge in [0, 0.05) is 5.46 Å². The Morgan fingerprint density at radius 3 is 2.14 bits per heavy atom.